The third-order valence-electron chi connectivity index (χ3n) is 4.56. The molecule has 9 heteroatoms. The van der Waals surface area contributed by atoms with Crippen molar-refractivity contribution in [3.05, 3.63) is 99.9 Å². The Balaban J connectivity index is 1.44. The molecule has 3 aromatic carbocycles. The summed E-state index contributed by atoms with van der Waals surface area (Å²) in [6.45, 7) is -0.0350. The zero-order valence-corrected chi connectivity index (χ0v) is 18.6. The van der Waals surface area contributed by atoms with Crippen molar-refractivity contribution >= 4 is 34.3 Å². The number of nitrogens with zero attached hydrogens (tertiary/aromatic N) is 2. The summed E-state index contributed by atoms with van der Waals surface area (Å²) < 4.78 is 44.6. The predicted molar refractivity (Wildman–Crippen MR) is 126 cm³/mol. The number of halogens is 4. The van der Waals surface area contributed by atoms with Gasteiger partial charge in [-0.15, -0.1) is 11.3 Å². The topological polar surface area (TPSA) is 46.5 Å². The minimum absolute atomic E-state index is 0.0350. The van der Waals surface area contributed by atoms with Crippen molar-refractivity contribution in [1.82, 2.24) is 4.98 Å². The van der Waals surface area contributed by atoms with Crippen molar-refractivity contribution in [2.45, 2.75) is 12.8 Å². The lowest BCUT2D eigenvalue weighted by molar-refractivity contribution is -0.137. The molecule has 0 spiro atoms. The van der Waals surface area contributed by atoms with E-state index in [0.717, 1.165) is 23.4 Å². The highest BCUT2D eigenvalue weighted by atomic mass is 35.5. The van der Waals surface area contributed by atoms with Gasteiger partial charge in [-0.25, -0.2) is 4.98 Å². The molecular weight excluding hydrogens is 471 g/mol. The number of hydrogen-bond donors (Lipinski definition) is 1. The molecule has 4 rings (SSSR count). The summed E-state index contributed by atoms with van der Waals surface area (Å²) in [5.74, 6) is 0.437. The molecule has 168 valence electrons. The summed E-state index contributed by atoms with van der Waals surface area (Å²) in [7, 11) is 0. The second kappa shape index (κ2) is 10.1. The molecule has 4 aromatic rings. The van der Waals surface area contributed by atoms with Crippen LogP contribution >= 0.6 is 22.9 Å². The van der Waals surface area contributed by atoms with E-state index in [2.05, 4.69) is 15.5 Å². The first-order valence-electron chi connectivity index (χ1n) is 9.77. The number of nitrogens with one attached hydrogen (secondary N) is 1. The van der Waals surface area contributed by atoms with Crippen molar-refractivity contribution < 1.29 is 17.9 Å². The highest BCUT2D eigenvalue weighted by Crippen LogP contribution is 2.30. The summed E-state index contributed by atoms with van der Waals surface area (Å²) in [4.78, 5) is 4.50. The number of rotatable bonds is 7. The van der Waals surface area contributed by atoms with Crippen molar-refractivity contribution in [3.8, 4) is 17.0 Å². The standard InChI is InChI=1S/C24H17ClF3N3OS/c25-20-9-10-22(32-14-16-5-4-8-19(11-16)24(26,27)28)18(12-20)13-29-31-23-30-21(15-33-23)17-6-2-1-3-7-17/h1-13,15H,14H2,(H,30,31). The molecule has 0 aliphatic rings. The number of alkyl halides is 3. The highest BCUT2D eigenvalue weighted by molar-refractivity contribution is 7.14. The van der Waals surface area contributed by atoms with Crippen molar-refractivity contribution in [1.29, 1.82) is 0 Å². The number of hydrogen-bond acceptors (Lipinski definition) is 5. The van der Waals surface area contributed by atoms with Crippen LogP contribution in [0.3, 0.4) is 0 Å². The quantitative estimate of drug-likeness (QED) is 0.217. The molecule has 0 atom stereocenters. The van der Waals surface area contributed by atoms with E-state index in [-0.39, 0.29) is 6.61 Å². The average Bonchev–Trinajstić information content (AvgIpc) is 3.28. The SMILES string of the molecule is FC(F)(F)c1cccc(COc2ccc(Cl)cc2C=NNc2nc(-c3ccccc3)cs2)c1. The first-order chi connectivity index (χ1) is 15.9. The second-order valence-electron chi connectivity index (χ2n) is 6.94. The molecule has 1 aromatic heterocycles. The van der Waals surface area contributed by atoms with Crippen LogP contribution in [0.5, 0.6) is 5.75 Å². The summed E-state index contributed by atoms with van der Waals surface area (Å²) in [6, 6.07) is 19.7. The minimum atomic E-state index is -4.41. The van der Waals surface area contributed by atoms with Gasteiger partial charge in [0.25, 0.3) is 0 Å². The lowest BCUT2D eigenvalue weighted by Gasteiger charge is -2.11. The van der Waals surface area contributed by atoms with Gasteiger partial charge in [-0.3, -0.25) is 5.43 Å². The van der Waals surface area contributed by atoms with Gasteiger partial charge >= 0.3 is 6.18 Å². The van der Waals surface area contributed by atoms with E-state index in [1.807, 2.05) is 35.7 Å². The Morgan fingerprint density at radius 1 is 1.03 bits per heavy atom. The van der Waals surface area contributed by atoms with Crippen LogP contribution in [-0.4, -0.2) is 11.2 Å². The van der Waals surface area contributed by atoms with Crippen LogP contribution in [0.1, 0.15) is 16.7 Å². The van der Waals surface area contributed by atoms with E-state index >= 15 is 0 Å². The smallest absolute Gasteiger partial charge is 0.416 e. The van der Waals surface area contributed by atoms with E-state index in [0.29, 0.717) is 27.0 Å². The Labute approximate surface area is 197 Å². The fourth-order valence-corrected chi connectivity index (χ4v) is 3.82. The molecule has 33 heavy (non-hydrogen) atoms. The molecular formula is C24H17ClF3N3OS. The number of benzene rings is 3. The fraction of sp³-hybridized carbons (Fsp3) is 0.0833. The Morgan fingerprint density at radius 3 is 2.64 bits per heavy atom. The van der Waals surface area contributed by atoms with Crippen molar-refractivity contribution in [3.63, 3.8) is 0 Å². The van der Waals surface area contributed by atoms with Crippen LogP contribution in [-0.2, 0) is 12.8 Å². The molecule has 0 saturated heterocycles. The van der Waals surface area contributed by atoms with Gasteiger partial charge in [-0.2, -0.15) is 18.3 Å². The van der Waals surface area contributed by atoms with E-state index < -0.39 is 11.7 Å². The molecule has 0 radical (unpaired) electrons. The zero-order valence-electron chi connectivity index (χ0n) is 17.0. The third kappa shape index (κ3) is 6.12. The molecule has 0 aliphatic carbocycles. The Bertz CT molecular complexity index is 1260. The largest absolute Gasteiger partial charge is 0.488 e. The summed E-state index contributed by atoms with van der Waals surface area (Å²) in [5, 5.41) is 7.22. The van der Waals surface area contributed by atoms with E-state index in [1.54, 1.807) is 24.3 Å². The lowest BCUT2D eigenvalue weighted by Crippen LogP contribution is -2.06. The van der Waals surface area contributed by atoms with Gasteiger partial charge in [0.05, 0.1) is 17.5 Å². The summed E-state index contributed by atoms with van der Waals surface area (Å²) >= 11 is 7.51. The van der Waals surface area contributed by atoms with Crippen molar-refractivity contribution in [2.75, 3.05) is 5.43 Å². The van der Waals surface area contributed by atoms with Gasteiger partial charge in [0, 0.05) is 21.5 Å². The fourth-order valence-electron chi connectivity index (χ4n) is 2.97. The summed E-state index contributed by atoms with van der Waals surface area (Å²) in [6.07, 6.45) is -2.88. The number of thiazole rings is 1. The average molecular weight is 488 g/mol. The van der Waals surface area contributed by atoms with Crippen LogP contribution in [0.25, 0.3) is 11.3 Å². The van der Waals surface area contributed by atoms with E-state index in [4.69, 9.17) is 16.3 Å². The van der Waals surface area contributed by atoms with Crippen LogP contribution in [0.2, 0.25) is 5.02 Å². The maximum atomic E-state index is 12.9. The van der Waals surface area contributed by atoms with Gasteiger partial charge in [0.1, 0.15) is 12.4 Å². The highest BCUT2D eigenvalue weighted by Gasteiger charge is 2.30. The third-order valence-corrected chi connectivity index (χ3v) is 5.54. The molecule has 0 amide bonds. The Hall–Kier alpha value is -3.36. The molecule has 0 fully saturated rings. The molecule has 0 unspecified atom stereocenters. The monoisotopic (exact) mass is 487 g/mol. The van der Waals surface area contributed by atoms with Crippen LogP contribution in [0.4, 0.5) is 18.3 Å². The Morgan fingerprint density at radius 2 is 1.85 bits per heavy atom. The van der Waals surface area contributed by atoms with Crippen LogP contribution in [0.15, 0.2) is 83.3 Å². The van der Waals surface area contributed by atoms with E-state index in [1.165, 1.54) is 23.6 Å². The summed E-state index contributed by atoms with van der Waals surface area (Å²) in [5.41, 5.74) is 4.98. The second-order valence-corrected chi connectivity index (χ2v) is 8.24. The number of ether oxygens (including phenoxy) is 1. The predicted octanol–water partition coefficient (Wildman–Crippen LogP) is 7.51. The zero-order chi connectivity index (χ0) is 23.3. The van der Waals surface area contributed by atoms with Gasteiger partial charge in [0.15, 0.2) is 0 Å². The maximum Gasteiger partial charge on any atom is 0.416 e. The van der Waals surface area contributed by atoms with Crippen molar-refractivity contribution in [2.24, 2.45) is 5.10 Å². The molecule has 0 bridgehead atoms. The number of anilines is 1. The van der Waals surface area contributed by atoms with Crippen LogP contribution < -0.4 is 10.2 Å². The minimum Gasteiger partial charge on any atom is -0.488 e. The van der Waals surface area contributed by atoms with Gasteiger partial charge in [0.2, 0.25) is 5.13 Å². The maximum absolute atomic E-state index is 12.9. The van der Waals surface area contributed by atoms with Crippen LogP contribution in [0, 0.1) is 0 Å². The molecule has 1 N–H and O–H groups in total. The number of hydrazone groups is 1. The lowest BCUT2D eigenvalue weighted by atomic mass is 10.1. The number of aromatic nitrogens is 1. The molecule has 0 aliphatic heterocycles. The van der Waals surface area contributed by atoms with Gasteiger partial charge in [-0.05, 0) is 35.9 Å². The first kappa shape index (κ1) is 22.8. The van der Waals surface area contributed by atoms with E-state index in [9.17, 15) is 13.2 Å². The first-order valence-corrected chi connectivity index (χ1v) is 11.0. The normalized spacial score (nSPS) is 11.6. The Kier molecular flexibility index (Phi) is 6.96. The molecule has 0 saturated carbocycles. The van der Waals surface area contributed by atoms with Gasteiger partial charge in [-0.1, -0.05) is 54.1 Å². The molecule has 4 nitrogen and oxygen atoms in total. The van der Waals surface area contributed by atoms with Gasteiger partial charge < -0.3 is 4.74 Å². The molecule has 1 heterocycles.